The number of carbonyl (C=O) groups is 1. The van der Waals surface area contributed by atoms with E-state index in [1.54, 1.807) is 12.0 Å². The van der Waals surface area contributed by atoms with Crippen LogP contribution in [-0.2, 0) is 0 Å². The second-order valence-corrected chi connectivity index (χ2v) is 5.93. The van der Waals surface area contributed by atoms with Crippen molar-refractivity contribution >= 4 is 5.91 Å². The third kappa shape index (κ3) is 4.45. The standard InChI is InChI=1S/C17H27N3O2/c1-18-11-13-20(14-12-18)10-6-9-19(2)17(21)15-7-4-5-8-16(15)22-3/h4-5,7-8H,6,9-14H2,1-3H3. The molecule has 1 amide bonds. The molecule has 0 atom stereocenters. The van der Waals surface area contributed by atoms with Gasteiger partial charge in [0.15, 0.2) is 0 Å². The number of nitrogens with zero attached hydrogens (tertiary/aromatic N) is 3. The van der Waals surface area contributed by atoms with Gasteiger partial charge in [-0.05, 0) is 32.1 Å². The van der Waals surface area contributed by atoms with E-state index in [1.165, 1.54) is 0 Å². The van der Waals surface area contributed by atoms with Gasteiger partial charge in [-0.25, -0.2) is 0 Å². The molecule has 0 spiro atoms. The summed E-state index contributed by atoms with van der Waals surface area (Å²) in [6.45, 7) is 6.34. The molecule has 122 valence electrons. The van der Waals surface area contributed by atoms with Crippen LogP contribution in [0.1, 0.15) is 16.8 Å². The molecule has 1 aromatic rings. The van der Waals surface area contributed by atoms with Crippen molar-refractivity contribution in [2.45, 2.75) is 6.42 Å². The third-order valence-electron chi connectivity index (χ3n) is 4.25. The average Bonchev–Trinajstić information content (AvgIpc) is 2.55. The number of carbonyl (C=O) groups excluding carboxylic acids is 1. The minimum Gasteiger partial charge on any atom is -0.496 e. The molecule has 2 rings (SSSR count). The number of amides is 1. The summed E-state index contributed by atoms with van der Waals surface area (Å²) in [7, 11) is 5.62. The zero-order chi connectivity index (χ0) is 15.9. The zero-order valence-corrected chi connectivity index (χ0v) is 13.9. The van der Waals surface area contributed by atoms with Crippen LogP contribution in [0.2, 0.25) is 0 Å². The molecule has 5 heteroatoms. The highest BCUT2D eigenvalue weighted by Gasteiger charge is 2.17. The van der Waals surface area contributed by atoms with E-state index < -0.39 is 0 Å². The average molecular weight is 305 g/mol. The van der Waals surface area contributed by atoms with Crippen LogP contribution >= 0.6 is 0 Å². The monoisotopic (exact) mass is 305 g/mol. The maximum absolute atomic E-state index is 12.5. The first-order chi connectivity index (χ1) is 10.6. The molecule has 1 heterocycles. The van der Waals surface area contributed by atoms with Crippen molar-refractivity contribution in [3.63, 3.8) is 0 Å². The van der Waals surface area contributed by atoms with E-state index in [4.69, 9.17) is 4.74 Å². The van der Waals surface area contributed by atoms with Gasteiger partial charge in [-0.1, -0.05) is 12.1 Å². The van der Waals surface area contributed by atoms with Crippen molar-refractivity contribution in [2.75, 3.05) is 60.5 Å². The van der Waals surface area contributed by atoms with Gasteiger partial charge in [-0.3, -0.25) is 4.79 Å². The van der Waals surface area contributed by atoms with Crippen molar-refractivity contribution in [3.05, 3.63) is 29.8 Å². The number of methoxy groups -OCH3 is 1. The Bertz CT molecular complexity index is 485. The fraction of sp³-hybridized carbons (Fsp3) is 0.588. The second-order valence-electron chi connectivity index (χ2n) is 5.93. The minimum atomic E-state index is 0.0239. The van der Waals surface area contributed by atoms with E-state index in [1.807, 2.05) is 31.3 Å². The largest absolute Gasteiger partial charge is 0.496 e. The molecule has 0 aromatic heterocycles. The Morgan fingerprint density at radius 1 is 1.23 bits per heavy atom. The first-order valence-corrected chi connectivity index (χ1v) is 7.91. The van der Waals surface area contributed by atoms with Crippen molar-refractivity contribution in [3.8, 4) is 5.75 Å². The number of piperazine rings is 1. The van der Waals surface area contributed by atoms with Crippen LogP contribution in [0.5, 0.6) is 5.75 Å². The lowest BCUT2D eigenvalue weighted by molar-refractivity contribution is 0.0780. The predicted octanol–water partition coefficient (Wildman–Crippen LogP) is 1.40. The van der Waals surface area contributed by atoms with E-state index in [0.29, 0.717) is 11.3 Å². The van der Waals surface area contributed by atoms with Gasteiger partial charge in [-0.15, -0.1) is 0 Å². The number of hydrogen-bond acceptors (Lipinski definition) is 4. The van der Waals surface area contributed by atoms with E-state index in [2.05, 4.69) is 16.8 Å². The summed E-state index contributed by atoms with van der Waals surface area (Å²) >= 11 is 0. The fourth-order valence-corrected chi connectivity index (χ4v) is 2.73. The first-order valence-electron chi connectivity index (χ1n) is 7.91. The molecule has 0 unspecified atom stereocenters. The van der Waals surface area contributed by atoms with Crippen LogP contribution in [-0.4, -0.2) is 81.1 Å². The summed E-state index contributed by atoms with van der Waals surface area (Å²) < 4.78 is 5.27. The van der Waals surface area contributed by atoms with E-state index in [-0.39, 0.29) is 5.91 Å². The van der Waals surface area contributed by atoms with Gasteiger partial charge in [-0.2, -0.15) is 0 Å². The maximum Gasteiger partial charge on any atom is 0.257 e. The lowest BCUT2D eigenvalue weighted by atomic mass is 10.1. The molecule has 5 nitrogen and oxygen atoms in total. The van der Waals surface area contributed by atoms with Crippen LogP contribution in [0.4, 0.5) is 0 Å². The van der Waals surface area contributed by atoms with Crippen LogP contribution in [0.25, 0.3) is 0 Å². The Labute approximate surface area is 133 Å². The number of rotatable bonds is 6. The minimum absolute atomic E-state index is 0.0239. The van der Waals surface area contributed by atoms with Crippen LogP contribution in [0, 0.1) is 0 Å². The second kappa shape index (κ2) is 8.15. The van der Waals surface area contributed by atoms with Crippen LogP contribution in [0.3, 0.4) is 0 Å². The van der Waals surface area contributed by atoms with Gasteiger partial charge >= 0.3 is 0 Å². The Morgan fingerprint density at radius 2 is 1.91 bits per heavy atom. The Morgan fingerprint density at radius 3 is 2.59 bits per heavy atom. The van der Waals surface area contributed by atoms with Gasteiger partial charge in [0.05, 0.1) is 12.7 Å². The Hall–Kier alpha value is -1.59. The summed E-state index contributed by atoms with van der Waals surface area (Å²) in [4.78, 5) is 19.1. The normalized spacial score (nSPS) is 16.5. The van der Waals surface area contributed by atoms with E-state index in [9.17, 15) is 4.79 Å². The molecule has 1 fully saturated rings. The SMILES string of the molecule is COc1ccccc1C(=O)N(C)CCCN1CCN(C)CC1. The number of hydrogen-bond donors (Lipinski definition) is 0. The first kappa shape index (κ1) is 16.8. The highest BCUT2D eigenvalue weighted by molar-refractivity contribution is 5.96. The molecule has 1 aliphatic rings. The van der Waals surface area contributed by atoms with Gasteiger partial charge in [0, 0.05) is 39.8 Å². The smallest absolute Gasteiger partial charge is 0.257 e. The van der Waals surface area contributed by atoms with Gasteiger partial charge in [0.1, 0.15) is 5.75 Å². The van der Waals surface area contributed by atoms with Crippen LogP contribution in [0.15, 0.2) is 24.3 Å². The molecule has 1 aromatic carbocycles. The van der Waals surface area contributed by atoms with Gasteiger partial charge in [0.2, 0.25) is 0 Å². The molecular formula is C17H27N3O2. The fourth-order valence-electron chi connectivity index (χ4n) is 2.73. The van der Waals surface area contributed by atoms with Crippen molar-refractivity contribution < 1.29 is 9.53 Å². The van der Waals surface area contributed by atoms with Crippen molar-refractivity contribution in [1.82, 2.24) is 14.7 Å². The summed E-state index contributed by atoms with van der Waals surface area (Å²) in [5.74, 6) is 0.661. The number of ether oxygens (including phenoxy) is 1. The molecule has 1 aliphatic heterocycles. The van der Waals surface area contributed by atoms with Crippen LogP contribution < -0.4 is 4.74 Å². The number of likely N-dealkylation sites (N-methyl/N-ethyl adjacent to an activating group) is 1. The highest BCUT2D eigenvalue weighted by Crippen LogP contribution is 2.18. The van der Waals surface area contributed by atoms with E-state index in [0.717, 1.165) is 45.7 Å². The number of para-hydroxylation sites is 1. The third-order valence-corrected chi connectivity index (χ3v) is 4.25. The molecular weight excluding hydrogens is 278 g/mol. The maximum atomic E-state index is 12.5. The molecule has 0 aliphatic carbocycles. The highest BCUT2D eigenvalue weighted by atomic mass is 16.5. The topological polar surface area (TPSA) is 36.0 Å². The Kier molecular flexibility index (Phi) is 6.21. The van der Waals surface area contributed by atoms with Crippen molar-refractivity contribution in [1.29, 1.82) is 0 Å². The number of benzene rings is 1. The molecule has 0 bridgehead atoms. The summed E-state index contributed by atoms with van der Waals surface area (Å²) in [6.07, 6.45) is 1.00. The van der Waals surface area contributed by atoms with E-state index >= 15 is 0 Å². The Balaban J connectivity index is 1.79. The van der Waals surface area contributed by atoms with Gasteiger partial charge < -0.3 is 19.4 Å². The summed E-state index contributed by atoms with van der Waals surface area (Å²) in [5, 5.41) is 0. The molecule has 0 saturated carbocycles. The predicted molar refractivity (Wildman–Crippen MR) is 88.5 cm³/mol. The zero-order valence-electron chi connectivity index (χ0n) is 13.9. The lowest BCUT2D eigenvalue weighted by Gasteiger charge is -2.32. The van der Waals surface area contributed by atoms with Crippen molar-refractivity contribution in [2.24, 2.45) is 0 Å². The molecule has 0 N–H and O–H groups in total. The molecule has 22 heavy (non-hydrogen) atoms. The summed E-state index contributed by atoms with van der Waals surface area (Å²) in [5.41, 5.74) is 0.632. The molecule has 0 radical (unpaired) electrons. The quantitative estimate of drug-likeness (QED) is 0.796. The molecule has 1 saturated heterocycles. The summed E-state index contributed by atoms with van der Waals surface area (Å²) in [6, 6.07) is 7.39. The van der Waals surface area contributed by atoms with Gasteiger partial charge in [0.25, 0.3) is 5.91 Å². The lowest BCUT2D eigenvalue weighted by Crippen LogP contribution is -2.45.